The molecule has 2 heterocycles. The molecular formula is C52H89N7O18. The first-order valence-electron chi connectivity index (χ1n) is 26.3. The molecule has 12 atom stereocenters. The number of carbonyl (C=O) groups is 6. The molecule has 6 amide bonds. The number of hydrogen-bond donors (Lipinski definition) is 10. The molecule has 10 N–H and O–H groups in total. The van der Waals surface area contributed by atoms with E-state index in [1.807, 2.05) is 0 Å². The van der Waals surface area contributed by atoms with Gasteiger partial charge in [-0.05, 0) is 148 Å². The third-order valence-electron chi connectivity index (χ3n) is 12.6. The van der Waals surface area contributed by atoms with Crippen LogP contribution in [0.25, 0.3) is 0 Å². The smallest absolute Gasteiger partial charge is 0.412 e. The van der Waals surface area contributed by atoms with Crippen molar-refractivity contribution >= 4 is 36.4 Å². The monoisotopic (exact) mass is 1100 g/mol. The minimum absolute atomic E-state index is 0.0579. The van der Waals surface area contributed by atoms with Crippen molar-refractivity contribution in [3.05, 3.63) is 24.2 Å². The normalized spacial score (nSPS) is 30.0. The van der Waals surface area contributed by atoms with Crippen LogP contribution in [0.2, 0.25) is 0 Å². The summed E-state index contributed by atoms with van der Waals surface area (Å²) < 4.78 is 46.3. The van der Waals surface area contributed by atoms with Crippen molar-refractivity contribution in [3.63, 3.8) is 0 Å². The third-order valence-corrected chi connectivity index (χ3v) is 12.6. The molecule has 25 nitrogen and oxygen atoms in total. The van der Waals surface area contributed by atoms with Crippen LogP contribution in [-0.2, 0) is 42.7 Å². The van der Waals surface area contributed by atoms with Gasteiger partial charge in [0.05, 0.1) is 43.1 Å². The number of nitrogens with zero attached hydrogens (tertiary/aromatic N) is 1. The maximum Gasteiger partial charge on any atom is 0.412 e. The van der Waals surface area contributed by atoms with Crippen LogP contribution in [0.4, 0.5) is 24.0 Å². The summed E-state index contributed by atoms with van der Waals surface area (Å²) >= 11 is 0. The maximum absolute atomic E-state index is 14.0. The standard InChI is InChI=1S/C52H89N7O18/c1-27(2)71-44(65)57-31-18-17-30(25-53-24-28-21-29(22-28)55-45(66)75-49(6,7)8)72-38(31)35-32(58-46(67)76-50(9,10)11)23-33(56-41(63)34(60)19-20-54-43(64)74-48(3,4)5)39(36(35)61)73-42-37(62)40(52(15,69)26-70-42)59(16)47(68)77-51(12,13)14/h17,28-29,31-40,42,53,60-62,69H,1,18-26H2,2-16H3,(H,54,64)(H,55,66)(H,56,63)(H,57,65)(H,58,67)/t28?,29?,31-,32+,33-,34+,35?,36+,37-,38+,39+,40-,42-,52+/m1/s1. The Kier molecular flexibility index (Phi) is 21.9. The Labute approximate surface area is 452 Å². The van der Waals surface area contributed by atoms with E-state index in [1.165, 1.54) is 20.9 Å². The van der Waals surface area contributed by atoms with Crippen molar-refractivity contribution in [3.8, 4) is 0 Å². The number of ether oxygens (including phenoxy) is 8. The Balaban J connectivity index is 1.72. The predicted octanol–water partition coefficient (Wildman–Crippen LogP) is 3.30. The van der Waals surface area contributed by atoms with E-state index in [0.717, 1.165) is 4.90 Å². The molecule has 1 unspecified atom stereocenters. The number of amides is 6. The van der Waals surface area contributed by atoms with Crippen LogP contribution in [0.3, 0.4) is 0 Å². The summed E-state index contributed by atoms with van der Waals surface area (Å²) in [6.07, 6.45) is -11.2. The quantitative estimate of drug-likeness (QED) is 0.0738. The number of aliphatic hydroxyl groups is 4. The number of rotatable bonds is 17. The van der Waals surface area contributed by atoms with Crippen LogP contribution in [0, 0.1) is 11.8 Å². The first-order chi connectivity index (χ1) is 35.3. The van der Waals surface area contributed by atoms with Crippen molar-refractivity contribution in [2.45, 2.75) is 224 Å². The number of nitrogens with one attached hydrogen (secondary N) is 6. The van der Waals surface area contributed by atoms with Gasteiger partial charge >= 0.3 is 30.5 Å². The Morgan fingerprint density at radius 1 is 0.779 bits per heavy atom. The topological polar surface area (TPSA) is 333 Å². The minimum atomic E-state index is -1.88. The van der Waals surface area contributed by atoms with Gasteiger partial charge in [0.25, 0.3) is 0 Å². The molecule has 2 saturated carbocycles. The summed E-state index contributed by atoms with van der Waals surface area (Å²) in [5.74, 6) is -1.55. The van der Waals surface area contributed by atoms with Gasteiger partial charge in [0.15, 0.2) is 6.29 Å². The van der Waals surface area contributed by atoms with Crippen molar-refractivity contribution in [2.24, 2.45) is 11.8 Å². The molecule has 2 aliphatic carbocycles. The zero-order valence-corrected chi connectivity index (χ0v) is 47.6. The molecular weight excluding hydrogens is 1010 g/mol. The van der Waals surface area contributed by atoms with Gasteiger partial charge < -0.3 is 95.1 Å². The Morgan fingerprint density at radius 2 is 1.34 bits per heavy atom. The first kappa shape index (κ1) is 64.3. The van der Waals surface area contributed by atoms with Crippen molar-refractivity contribution in [1.82, 2.24) is 36.8 Å². The van der Waals surface area contributed by atoms with E-state index in [9.17, 15) is 49.2 Å². The highest BCUT2D eigenvalue weighted by Crippen LogP contribution is 2.39. The zero-order chi connectivity index (χ0) is 58.2. The molecule has 2 aliphatic heterocycles. The lowest BCUT2D eigenvalue weighted by Crippen LogP contribution is -2.71. The second kappa shape index (κ2) is 26.2. The molecule has 3 fully saturated rings. The number of allylic oxidation sites excluding steroid dienone is 1. The van der Waals surface area contributed by atoms with E-state index in [2.05, 4.69) is 38.5 Å². The summed E-state index contributed by atoms with van der Waals surface area (Å²) in [7, 11) is 1.32. The second-order valence-electron chi connectivity index (χ2n) is 24.7. The highest BCUT2D eigenvalue weighted by atomic mass is 16.7. The van der Waals surface area contributed by atoms with E-state index in [0.29, 0.717) is 25.1 Å². The lowest BCUT2D eigenvalue weighted by molar-refractivity contribution is -0.305. The lowest BCUT2D eigenvalue weighted by Gasteiger charge is -2.52. The van der Waals surface area contributed by atoms with Crippen molar-refractivity contribution < 1.29 is 87.1 Å². The van der Waals surface area contributed by atoms with Crippen molar-refractivity contribution in [1.29, 1.82) is 0 Å². The zero-order valence-electron chi connectivity index (χ0n) is 47.6. The molecule has 0 aromatic carbocycles. The van der Waals surface area contributed by atoms with Crippen LogP contribution in [0.15, 0.2) is 24.2 Å². The first-order valence-corrected chi connectivity index (χ1v) is 26.3. The Bertz CT molecular complexity index is 2090. The van der Waals surface area contributed by atoms with Gasteiger partial charge in [0.2, 0.25) is 5.91 Å². The Morgan fingerprint density at radius 3 is 1.91 bits per heavy atom. The van der Waals surface area contributed by atoms with E-state index >= 15 is 0 Å². The molecule has 440 valence electrons. The Hall–Kier alpha value is -5.18. The number of likely N-dealkylation sites (N-methyl/N-ethyl adjacent to an activating group) is 1. The largest absolute Gasteiger partial charge is 0.491 e. The van der Waals surface area contributed by atoms with E-state index in [4.69, 9.17) is 37.9 Å². The summed E-state index contributed by atoms with van der Waals surface area (Å²) in [6.45, 7) is 26.8. The minimum Gasteiger partial charge on any atom is -0.491 e. The number of carbonyl (C=O) groups excluding carboxylic acids is 6. The predicted molar refractivity (Wildman–Crippen MR) is 278 cm³/mol. The lowest BCUT2D eigenvalue weighted by atomic mass is 9.72. The summed E-state index contributed by atoms with van der Waals surface area (Å²) in [5, 5.41) is 64.8. The average molecular weight is 1100 g/mol. The molecule has 0 aromatic heterocycles. The number of hydrogen-bond acceptors (Lipinski definition) is 19. The fourth-order valence-corrected chi connectivity index (χ4v) is 9.50. The summed E-state index contributed by atoms with van der Waals surface area (Å²) in [4.78, 5) is 80.2. The molecule has 4 aliphatic rings. The third kappa shape index (κ3) is 20.5. The van der Waals surface area contributed by atoms with Gasteiger partial charge in [-0.3, -0.25) is 4.79 Å². The fraction of sp³-hybridized carbons (Fsp3) is 0.808. The molecule has 1 saturated heterocycles. The SMILES string of the molecule is C=C(C)OC(=O)N[C@@H]1CC=C(CNCC2CC(NC(=O)OC(C)(C)C)C2)O[C@@H]1C1[C@@H](NC(=O)OC(C)(C)C)C[C@@H](NC(=O)[C@@H](O)CCNC(=O)OC(C)(C)C)[C@H](O[C@H]2OC[C@](C)(O)[C@H](N(C)C(=O)OC(C)(C)C)[C@H]2O)[C@H]1O. The molecule has 0 aromatic rings. The molecule has 0 radical (unpaired) electrons. The number of alkyl carbamates (subject to hydrolysis) is 4. The van der Waals surface area contributed by atoms with Crippen molar-refractivity contribution in [2.75, 3.05) is 33.3 Å². The van der Waals surface area contributed by atoms with Gasteiger partial charge in [-0.15, -0.1) is 0 Å². The average Bonchev–Trinajstić information content (AvgIpc) is 3.22. The van der Waals surface area contributed by atoms with Gasteiger partial charge in [0.1, 0.15) is 58.2 Å². The van der Waals surface area contributed by atoms with Gasteiger partial charge in [-0.1, -0.05) is 6.58 Å². The highest BCUT2D eigenvalue weighted by Gasteiger charge is 2.57. The van der Waals surface area contributed by atoms with E-state index in [1.54, 1.807) is 89.2 Å². The highest BCUT2D eigenvalue weighted by molar-refractivity contribution is 5.81. The molecule has 0 bridgehead atoms. The molecule has 0 spiro atoms. The van der Waals surface area contributed by atoms with Crippen LogP contribution in [-0.4, -0.2) is 190 Å². The van der Waals surface area contributed by atoms with Gasteiger partial charge in [-0.2, -0.15) is 0 Å². The van der Waals surface area contributed by atoms with Crippen LogP contribution < -0.4 is 31.9 Å². The molecule has 4 rings (SSSR count). The summed E-state index contributed by atoms with van der Waals surface area (Å²) in [5.41, 5.74) is -5.30. The molecule has 77 heavy (non-hydrogen) atoms. The second-order valence-corrected chi connectivity index (χ2v) is 24.7. The van der Waals surface area contributed by atoms with Gasteiger partial charge in [-0.25, -0.2) is 24.0 Å². The van der Waals surface area contributed by atoms with Crippen LogP contribution in [0.1, 0.15) is 129 Å². The maximum atomic E-state index is 14.0. The van der Waals surface area contributed by atoms with E-state index in [-0.39, 0.29) is 50.1 Å². The number of aliphatic hydroxyl groups excluding tert-OH is 3. The van der Waals surface area contributed by atoms with Gasteiger partial charge in [0, 0.05) is 31.6 Å². The summed E-state index contributed by atoms with van der Waals surface area (Å²) in [6, 6.07) is -4.97. The van der Waals surface area contributed by atoms with Crippen LogP contribution in [0.5, 0.6) is 0 Å². The van der Waals surface area contributed by atoms with E-state index < -0.39 is 138 Å². The fourth-order valence-electron chi connectivity index (χ4n) is 9.50. The van der Waals surface area contributed by atoms with Crippen LogP contribution >= 0.6 is 0 Å². The molecule has 25 heteroatoms.